The van der Waals surface area contributed by atoms with Gasteiger partial charge in [-0.05, 0) is 24.8 Å². The summed E-state index contributed by atoms with van der Waals surface area (Å²) in [5.74, 6) is -2.46. The number of anilines is 1. The van der Waals surface area contributed by atoms with Crippen LogP contribution < -0.4 is 5.32 Å². The highest BCUT2D eigenvalue weighted by Crippen LogP contribution is 2.48. The van der Waals surface area contributed by atoms with Crippen molar-refractivity contribution in [1.82, 2.24) is 10.1 Å². The van der Waals surface area contributed by atoms with Gasteiger partial charge in [-0.1, -0.05) is 5.16 Å². The fourth-order valence-corrected chi connectivity index (χ4v) is 5.18. The highest BCUT2D eigenvalue weighted by atomic mass is 32.1. The van der Waals surface area contributed by atoms with Crippen molar-refractivity contribution in [2.75, 3.05) is 18.5 Å². The zero-order valence-corrected chi connectivity index (χ0v) is 17.6. The van der Waals surface area contributed by atoms with Crippen LogP contribution in [-0.2, 0) is 27.1 Å². The van der Waals surface area contributed by atoms with Crippen molar-refractivity contribution in [2.24, 2.45) is 0 Å². The van der Waals surface area contributed by atoms with Gasteiger partial charge in [0.25, 0.3) is 17.7 Å². The molecule has 0 saturated heterocycles. The van der Waals surface area contributed by atoms with Crippen LogP contribution in [0.1, 0.15) is 47.9 Å². The summed E-state index contributed by atoms with van der Waals surface area (Å²) in [5.41, 5.74) is 1.15. The minimum atomic E-state index is -2.83. The zero-order chi connectivity index (χ0) is 22.5. The first-order valence-corrected chi connectivity index (χ1v) is 11.0. The summed E-state index contributed by atoms with van der Waals surface area (Å²) in [6, 6.07) is 0. The third-order valence-corrected chi connectivity index (χ3v) is 6.76. The van der Waals surface area contributed by atoms with E-state index in [0.717, 1.165) is 24.2 Å². The first-order chi connectivity index (χ1) is 15.3. The van der Waals surface area contributed by atoms with E-state index in [9.17, 15) is 18.4 Å². The van der Waals surface area contributed by atoms with E-state index in [1.54, 1.807) is 0 Å². The molecule has 0 radical (unpaired) electrons. The molecule has 0 unspecified atom stereocenters. The SMILES string of the molecule is O=C(O)OC1=C(C(=O)Nc2sc3c(c2-c2nc(C4CC4)no2)CCC(F)(F)C3)COCC1. The van der Waals surface area contributed by atoms with E-state index in [-0.39, 0.29) is 55.6 Å². The Morgan fingerprint density at radius 3 is 2.84 bits per heavy atom. The molecule has 2 aromatic heterocycles. The van der Waals surface area contributed by atoms with E-state index < -0.39 is 24.4 Å². The first kappa shape index (κ1) is 21.0. The van der Waals surface area contributed by atoms with Crippen molar-refractivity contribution in [1.29, 1.82) is 0 Å². The molecular formula is C20H19F2N3O6S. The summed E-state index contributed by atoms with van der Waals surface area (Å²) < 4.78 is 43.5. The molecule has 0 atom stereocenters. The molecule has 170 valence electrons. The van der Waals surface area contributed by atoms with Crippen LogP contribution in [0, 0.1) is 0 Å². The number of amides is 1. The van der Waals surface area contributed by atoms with Crippen LogP contribution in [0.5, 0.6) is 0 Å². The molecule has 0 spiro atoms. The Hall–Kier alpha value is -2.86. The molecule has 5 rings (SSSR count). The number of nitrogens with zero attached hydrogens (tertiary/aromatic N) is 2. The van der Waals surface area contributed by atoms with Crippen molar-refractivity contribution >= 4 is 28.4 Å². The van der Waals surface area contributed by atoms with Crippen LogP contribution in [-0.4, -0.2) is 46.4 Å². The van der Waals surface area contributed by atoms with Crippen molar-refractivity contribution in [3.63, 3.8) is 0 Å². The molecule has 2 aromatic rings. The molecule has 1 saturated carbocycles. The standard InChI is InChI=1S/C20H19F2N3O6S/c21-20(22)5-3-10-13(7-20)32-18(14(10)17-23-15(25-31-17)9-1-2-9)24-16(26)11-8-29-6-4-12(11)30-19(27)28/h9H,1-8H2,(H,24,26)(H,27,28). The van der Waals surface area contributed by atoms with Crippen molar-refractivity contribution < 1.29 is 37.5 Å². The van der Waals surface area contributed by atoms with Crippen LogP contribution in [0.3, 0.4) is 0 Å². The monoisotopic (exact) mass is 467 g/mol. The average Bonchev–Trinajstić information content (AvgIpc) is 3.36. The number of carboxylic acid groups (broad SMARTS) is 1. The topological polar surface area (TPSA) is 124 Å². The smallest absolute Gasteiger partial charge is 0.449 e. The van der Waals surface area contributed by atoms with E-state index in [1.807, 2.05) is 0 Å². The van der Waals surface area contributed by atoms with Gasteiger partial charge >= 0.3 is 6.16 Å². The van der Waals surface area contributed by atoms with E-state index in [1.165, 1.54) is 0 Å². The van der Waals surface area contributed by atoms with Crippen molar-refractivity contribution in [3.05, 3.63) is 27.6 Å². The van der Waals surface area contributed by atoms with Crippen LogP contribution in [0.25, 0.3) is 11.5 Å². The van der Waals surface area contributed by atoms with Gasteiger partial charge in [0.1, 0.15) is 10.8 Å². The minimum Gasteiger partial charge on any atom is -0.449 e. The maximum Gasteiger partial charge on any atom is 0.511 e. The summed E-state index contributed by atoms with van der Waals surface area (Å²) in [6.45, 7) is 0.0955. The van der Waals surface area contributed by atoms with Crippen molar-refractivity contribution in [3.8, 4) is 11.5 Å². The minimum absolute atomic E-state index is 0.00413. The number of ether oxygens (including phenoxy) is 2. The van der Waals surface area contributed by atoms with Crippen LogP contribution in [0.2, 0.25) is 0 Å². The normalized spacial score (nSPS) is 20.1. The summed E-state index contributed by atoms with van der Waals surface area (Å²) in [5, 5.41) is 16.0. The quantitative estimate of drug-likeness (QED) is 0.630. The first-order valence-electron chi connectivity index (χ1n) is 10.2. The molecule has 2 N–H and O–H groups in total. The summed E-state index contributed by atoms with van der Waals surface area (Å²) >= 11 is 1.04. The van der Waals surface area contributed by atoms with E-state index >= 15 is 0 Å². The number of alkyl halides is 2. The van der Waals surface area contributed by atoms with Crippen LogP contribution in [0.4, 0.5) is 18.6 Å². The lowest BCUT2D eigenvalue weighted by Crippen LogP contribution is -2.25. The highest BCUT2D eigenvalue weighted by Gasteiger charge is 2.39. The maximum absolute atomic E-state index is 14.0. The van der Waals surface area contributed by atoms with Crippen molar-refractivity contribution in [2.45, 2.75) is 50.4 Å². The van der Waals surface area contributed by atoms with Gasteiger partial charge in [0, 0.05) is 30.1 Å². The molecule has 0 bridgehead atoms. The molecule has 1 fully saturated rings. The number of carbonyl (C=O) groups excluding carboxylic acids is 1. The molecule has 9 nitrogen and oxygen atoms in total. The number of nitrogens with one attached hydrogen (secondary N) is 1. The third kappa shape index (κ3) is 4.11. The van der Waals surface area contributed by atoms with Gasteiger partial charge < -0.3 is 24.4 Å². The lowest BCUT2D eigenvalue weighted by molar-refractivity contribution is -0.114. The maximum atomic E-state index is 14.0. The predicted octanol–water partition coefficient (Wildman–Crippen LogP) is 4.11. The number of fused-ring (bicyclic) bond motifs is 1. The van der Waals surface area contributed by atoms with Gasteiger partial charge in [-0.25, -0.2) is 13.6 Å². The molecule has 3 heterocycles. The predicted molar refractivity (Wildman–Crippen MR) is 107 cm³/mol. The molecule has 2 aliphatic carbocycles. The molecule has 3 aliphatic rings. The summed E-state index contributed by atoms with van der Waals surface area (Å²) in [7, 11) is 0. The number of hydrogen-bond donors (Lipinski definition) is 2. The molecule has 1 amide bonds. The lowest BCUT2D eigenvalue weighted by atomic mass is 9.92. The summed E-state index contributed by atoms with van der Waals surface area (Å²) in [6.07, 6.45) is -0.0862. The Kier molecular flexibility index (Phi) is 5.20. The van der Waals surface area contributed by atoms with E-state index in [0.29, 0.717) is 26.8 Å². The Morgan fingerprint density at radius 2 is 2.09 bits per heavy atom. The van der Waals surface area contributed by atoms with Gasteiger partial charge in [-0.2, -0.15) is 4.98 Å². The molecular weight excluding hydrogens is 448 g/mol. The summed E-state index contributed by atoms with van der Waals surface area (Å²) in [4.78, 5) is 28.8. The number of carbonyl (C=O) groups is 2. The highest BCUT2D eigenvalue weighted by molar-refractivity contribution is 7.17. The largest absolute Gasteiger partial charge is 0.511 e. The Labute approximate surface area is 184 Å². The molecule has 32 heavy (non-hydrogen) atoms. The number of aromatic nitrogens is 2. The second-order valence-corrected chi connectivity index (χ2v) is 9.10. The molecule has 1 aliphatic heterocycles. The second-order valence-electron chi connectivity index (χ2n) is 8.00. The van der Waals surface area contributed by atoms with E-state index in [2.05, 4.69) is 15.5 Å². The average molecular weight is 467 g/mol. The zero-order valence-electron chi connectivity index (χ0n) is 16.8. The molecule has 12 heteroatoms. The number of hydrogen-bond acceptors (Lipinski definition) is 8. The number of halogens is 2. The number of thiophene rings is 1. The Morgan fingerprint density at radius 1 is 1.28 bits per heavy atom. The fraction of sp³-hybridized carbons (Fsp3) is 0.500. The second kappa shape index (κ2) is 7.93. The van der Waals surface area contributed by atoms with Gasteiger partial charge in [-0.15, -0.1) is 11.3 Å². The lowest BCUT2D eigenvalue weighted by Gasteiger charge is -2.21. The van der Waals surface area contributed by atoms with Gasteiger partial charge in [0.2, 0.25) is 0 Å². The third-order valence-electron chi connectivity index (χ3n) is 5.62. The van der Waals surface area contributed by atoms with Gasteiger partial charge in [-0.3, -0.25) is 4.79 Å². The van der Waals surface area contributed by atoms with Crippen LogP contribution >= 0.6 is 11.3 Å². The van der Waals surface area contributed by atoms with Gasteiger partial charge in [0.15, 0.2) is 5.82 Å². The number of rotatable bonds is 5. The Bertz CT molecular complexity index is 1120. The molecule has 0 aromatic carbocycles. The van der Waals surface area contributed by atoms with E-state index in [4.69, 9.17) is 19.1 Å². The Balaban J connectivity index is 1.51. The fourth-order valence-electron chi connectivity index (χ4n) is 3.87. The van der Waals surface area contributed by atoms with Crippen LogP contribution in [0.15, 0.2) is 15.9 Å². The van der Waals surface area contributed by atoms with Gasteiger partial charge in [0.05, 0.1) is 24.4 Å².